The highest BCUT2D eigenvalue weighted by Gasteiger charge is 2.24. The third-order valence-electron chi connectivity index (χ3n) is 4.98. The van der Waals surface area contributed by atoms with Gasteiger partial charge in [-0.3, -0.25) is 0 Å². The number of aliphatic carboxylic acids is 1. The maximum atomic E-state index is 11.8. The summed E-state index contributed by atoms with van der Waals surface area (Å²) < 4.78 is 6.22. The molecule has 0 saturated heterocycles. The minimum Gasteiger partial charge on any atom is -0.485 e. The quantitative estimate of drug-likeness (QED) is 0.691. The number of hydrogen-bond acceptors (Lipinski definition) is 3. The van der Waals surface area contributed by atoms with Gasteiger partial charge in [-0.05, 0) is 40.5 Å². The lowest BCUT2D eigenvalue weighted by Crippen LogP contribution is -2.10. The fraction of sp³-hybridized carbons (Fsp3) is 0.125. The summed E-state index contributed by atoms with van der Waals surface area (Å²) in [6, 6.07) is 23.7. The molecule has 0 spiro atoms. The van der Waals surface area contributed by atoms with Crippen molar-refractivity contribution in [3.05, 3.63) is 95.1 Å². The van der Waals surface area contributed by atoms with Crippen molar-refractivity contribution in [3.8, 4) is 16.9 Å². The zero-order chi connectivity index (χ0) is 19.5. The highest BCUT2D eigenvalue weighted by molar-refractivity contribution is 5.93. The van der Waals surface area contributed by atoms with Gasteiger partial charge in [0.2, 0.25) is 0 Å². The van der Waals surface area contributed by atoms with Crippen molar-refractivity contribution in [2.45, 2.75) is 19.1 Å². The van der Waals surface area contributed by atoms with Gasteiger partial charge in [-0.15, -0.1) is 0 Å². The van der Waals surface area contributed by atoms with Crippen LogP contribution in [0.2, 0.25) is 0 Å². The highest BCUT2D eigenvalue weighted by Crippen LogP contribution is 2.37. The van der Waals surface area contributed by atoms with Crippen molar-refractivity contribution in [1.82, 2.24) is 0 Å². The van der Waals surface area contributed by atoms with Gasteiger partial charge in [0.05, 0.1) is 0 Å². The molecule has 1 atom stereocenters. The Morgan fingerprint density at radius 1 is 1.00 bits per heavy atom. The smallest absolute Gasteiger partial charge is 0.331 e. The van der Waals surface area contributed by atoms with E-state index < -0.39 is 5.97 Å². The second-order valence-electron chi connectivity index (χ2n) is 6.85. The Balaban J connectivity index is 1.74. The lowest BCUT2D eigenvalue weighted by Gasteiger charge is -2.19. The summed E-state index contributed by atoms with van der Waals surface area (Å²) in [4.78, 5) is 11.8. The maximum Gasteiger partial charge on any atom is 0.331 e. The van der Waals surface area contributed by atoms with E-state index in [1.807, 2.05) is 72.8 Å². The van der Waals surface area contributed by atoms with Crippen LogP contribution in [0.5, 0.6) is 5.75 Å². The Bertz CT molecular complexity index is 1020. The molecule has 1 unspecified atom stereocenters. The highest BCUT2D eigenvalue weighted by atomic mass is 16.5. The number of carboxylic acids is 1. The number of benzene rings is 3. The van der Waals surface area contributed by atoms with E-state index in [2.05, 4.69) is 0 Å². The first kappa shape index (κ1) is 18.0. The van der Waals surface area contributed by atoms with Crippen molar-refractivity contribution in [3.63, 3.8) is 0 Å². The topological polar surface area (TPSA) is 72.6 Å². The van der Waals surface area contributed by atoms with E-state index in [-0.39, 0.29) is 6.10 Å². The molecule has 4 nitrogen and oxygen atoms in total. The number of hydrogen-bond donors (Lipinski definition) is 2. The summed E-state index contributed by atoms with van der Waals surface area (Å²) in [6.07, 6.45) is 1.70. The lowest BCUT2D eigenvalue weighted by atomic mass is 9.99. The molecule has 0 bridgehead atoms. The number of carboxylic acid groups (broad SMARTS) is 1. The monoisotopic (exact) mass is 371 g/mol. The van der Waals surface area contributed by atoms with E-state index in [4.69, 9.17) is 10.5 Å². The molecule has 3 N–H and O–H groups in total. The molecule has 1 heterocycles. The molecular weight excluding hydrogens is 350 g/mol. The van der Waals surface area contributed by atoms with Crippen LogP contribution in [0.4, 0.5) is 0 Å². The van der Waals surface area contributed by atoms with E-state index in [0.29, 0.717) is 24.3 Å². The predicted octanol–water partition coefficient (Wildman–Crippen LogP) is 4.80. The second-order valence-corrected chi connectivity index (χ2v) is 6.85. The molecule has 0 radical (unpaired) electrons. The van der Waals surface area contributed by atoms with Crippen LogP contribution in [0.25, 0.3) is 17.2 Å². The lowest BCUT2D eigenvalue weighted by molar-refractivity contribution is -0.132. The number of carbonyl (C=O) groups is 1. The van der Waals surface area contributed by atoms with Gasteiger partial charge in [0.1, 0.15) is 11.9 Å². The zero-order valence-electron chi connectivity index (χ0n) is 15.3. The van der Waals surface area contributed by atoms with Crippen molar-refractivity contribution >= 4 is 12.0 Å². The molecule has 0 aromatic heterocycles. The Morgan fingerprint density at radius 3 is 2.39 bits per heavy atom. The van der Waals surface area contributed by atoms with Crippen LogP contribution in [-0.4, -0.2) is 11.1 Å². The van der Waals surface area contributed by atoms with Crippen molar-refractivity contribution in [2.24, 2.45) is 5.73 Å². The number of nitrogens with two attached hydrogens (primary N) is 1. The van der Waals surface area contributed by atoms with Crippen LogP contribution < -0.4 is 10.5 Å². The molecule has 0 saturated carbocycles. The van der Waals surface area contributed by atoms with Gasteiger partial charge in [-0.2, -0.15) is 0 Å². The SMILES string of the molecule is NCc1ccc(-c2ccc3c(c2)C=C(C(=O)O)CC(c2ccccc2)O3)cc1. The minimum absolute atomic E-state index is 0.314. The summed E-state index contributed by atoms with van der Waals surface area (Å²) >= 11 is 0. The standard InChI is InChI=1S/C24H21NO3/c25-15-16-6-8-17(9-7-16)19-10-11-22-20(12-19)13-21(24(26)27)14-23(28-22)18-4-2-1-3-5-18/h1-13,23H,14-15,25H2,(H,26,27). The van der Waals surface area contributed by atoms with Gasteiger partial charge >= 0.3 is 5.97 Å². The number of ether oxygens (including phenoxy) is 1. The molecule has 3 aromatic rings. The molecule has 0 aliphatic carbocycles. The predicted molar refractivity (Wildman–Crippen MR) is 110 cm³/mol. The minimum atomic E-state index is -0.921. The third kappa shape index (κ3) is 3.68. The summed E-state index contributed by atoms with van der Waals surface area (Å²) in [5.74, 6) is -0.234. The van der Waals surface area contributed by atoms with Crippen LogP contribution in [-0.2, 0) is 11.3 Å². The Hall–Kier alpha value is -3.37. The molecule has 1 aliphatic heterocycles. The average Bonchev–Trinajstić information content (AvgIpc) is 2.94. The molecule has 0 amide bonds. The van der Waals surface area contributed by atoms with Gasteiger partial charge in [-0.25, -0.2) is 4.79 Å². The maximum absolute atomic E-state index is 11.8. The molecule has 4 rings (SSSR count). The average molecular weight is 371 g/mol. The van der Waals surface area contributed by atoms with Crippen molar-refractivity contribution in [1.29, 1.82) is 0 Å². The largest absolute Gasteiger partial charge is 0.485 e. The summed E-state index contributed by atoms with van der Waals surface area (Å²) in [5, 5.41) is 9.66. The van der Waals surface area contributed by atoms with E-state index in [1.54, 1.807) is 6.08 Å². The fourth-order valence-electron chi connectivity index (χ4n) is 3.43. The van der Waals surface area contributed by atoms with Crippen LogP contribution >= 0.6 is 0 Å². The van der Waals surface area contributed by atoms with Crippen LogP contribution in [0.3, 0.4) is 0 Å². The van der Waals surface area contributed by atoms with Gasteiger partial charge < -0.3 is 15.6 Å². The van der Waals surface area contributed by atoms with E-state index >= 15 is 0 Å². The third-order valence-corrected chi connectivity index (χ3v) is 4.98. The van der Waals surface area contributed by atoms with Gasteiger partial charge in [0.15, 0.2) is 0 Å². The molecule has 3 aromatic carbocycles. The van der Waals surface area contributed by atoms with E-state index in [0.717, 1.165) is 27.8 Å². The zero-order valence-corrected chi connectivity index (χ0v) is 15.3. The van der Waals surface area contributed by atoms with Crippen molar-refractivity contribution < 1.29 is 14.6 Å². The van der Waals surface area contributed by atoms with Crippen LogP contribution in [0.15, 0.2) is 78.4 Å². The fourth-order valence-corrected chi connectivity index (χ4v) is 3.43. The first-order valence-electron chi connectivity index (χ1n) is 9.23. The molecular formula is C24H21NO3. The first-order chi connectivity index (χ1) is 13.6. The summed E-state index contributed by atoms with van der Waals surface area (Å²) in [5.41, 5.74) is 10.9. The van der Waals surface area contributed by atoms with Crippen LogP contribution in [0.1, 0.15) is 29.2 Å². The molecule has 0 fully saturated rings. The summed E-state index contributed by atoms with van der Waals surface area (Å²) in [7, 11) is 0. The molecule has 1 aliphatic rings. The number of fused-ring (bicyclic) bond motifs is 1. The first-order valence-corrected chi connectivity index (χ1v) is 9.23. The number of rotatable bonds is 4. The van der Waals surface area contributed by atoms with Gasteiger partial charge in [0, 0.05) is 24.1 Å². The Morgan fingerprint density at radius 2 is 1.71 bits per heavy atom. The normalized spacial score (nSPS) is 15.8. The van der Waals surface area contributed by atoms with Crippen molar-refractivity contribution in [2.75, 3.05) is 0 Å². The van der Waals surface area contributed by atoms with E-state index in [9.17, 15) is 9.90 Å². The molecule has 140 valence electrons. The Labute approximate surface area is 163 Å². The molecule has 28 heavy (non-hydrogen) atoms. The van der Waals surface area contributed by atoms with Crippen LogP contribution in [0, 0.1) is 0 Å². The van der Waals surface area contributed by atoms with E-state index in [1.165, 1.54) is 0 Å². The van der Waals surface area contributed by atoms with Gasteiger partial charge in [0.25, 0.3) is 0 Å². The van der Waals surface area contributed by atoms with Gasteiger partial charge in [-0.1, -0.05) is 60.7 Å². The Kier molecular flexibility index (Phi) is 4.96. The molecule has 4 heteroatoms. The summed E-state index contributed by atoms with van der Waals surface area (Å²) in [6.45, 7) is 0.504. The second kappa shape index (κ2) is 7.71.